The Balaban J connectivity index is 2.89. The van der Waals surface area contributed by atoms with Crippen LogP contribution in [-0.2, 0) is 4.74 Å². The molecule has 1 aromatic heterocycles. The summed E-state index contributed by atoms with van der Waals surface area (Å²) in [6.45, 7) is 6.93. The van der Waals surface area contributed by atoms with E-state index < -0.39 is 11.6 Å². The van der Waals surface area contributed by atoms with Gasteiger partial charge in [-0.3, -0.25) is 0 Å². The molecule has 1 atom stereocenters. The first-order valence-electron chi connectivity index (χ1n) is 6.37. The third-order valence-electron chi connectivity index (χ3n) is 2.79. The Morgan fingerprint density at radius 2 is 1.89 bits per heavy atom. The second kappa shape index (κ2) is 7.23. The van der Waals surface area contributed by atoms with Gasteiger partial charge in [-0.2, -0.15) is 0 Å². The molecule has 6 heteroatoms. The molecule has 4 nitrogen and oxygen atoms in total. The zero-order valence-electron chi connectivity index (χ0n) is 11.8. The Kier molecular flexibility index (Phi) is 5.95. The molecular formula is C13H21F2N3O. The third kappa shape index (κ3) is 4.31. The summed E-state index contributed by atoms with van der Waals surface area (Å²) in [6.07, 6.45) is 0. The lowest BCUT2D eigenvalue weighted by Gasteiger charge is -2.23. The van der Waals surface area contributed by atoms with Gasteiger partial charge in [-0.15, -0.1) is 0 Å². The predicted molar refractivity (Wildman–Crippen MR) is 72.4 cm³/mol. The van der Waals surface area contributed by atoms with Crippen molar-refractivity contribution in [1.29, 1.82) is 0 Å². The molecular weight excluding hydrogens is 252 g/mol. The lowest BCUT2D eigenvalue weighted by Crippen LogP contribution is -2.32. The van der Waals surface area contributed by atoms with Gasteiger partial charge in [0.2, 0.25) is 0 Å². The first-order chi connectivity index (χ1) is 8.99. The van der Waals surface area contributed by atoms with Gasteiger partial charge < -0.3 is 15.4 Å². The van der Waals surface area contributed by atoms with Gasteiger partial charge >= 0.3 is 0 Å². The molecule has 0 saturated heterocycles. The molecule has 0 aromatic carbocycles. The number of hydrogen-bond donors (Lipinski definition) is 2. The van der Waals surface area contributed by atoms with E-state index in [0.29, 0.717) is 13.2 Å². The number of anilines is 2. The van der Waals surface area contributed by atoms with E-state index in [0.717, 1.165) is 6.07 Å². The molecule has 1 rings (SSSR count). The highest BCUT2D eigenvalue weighted by molar-refractivity contribution is 5.47. The van der Waals surface area contributed by atoms with Crippen LogP contribution >= 0.6 is 0 Å². The Morgan fingerprint density at radius 1 is 1.26 bits per heavy atom. The van der Waals surface area contributed by atoms with E-state index >= 15 is 0 Å². The van der Waals surface area contributed by atoms with E-state index in [-0.39, 0.29) is 23.6 Å². The second-order valence-electron chi connectivity index (χ2n) is 4.55. The summed E-state index contributed by atoms with van der Waals surface area (Å²) in [7, 11) is 1.53. The summed E-state index contributed by atoms with van der Waals surface area (Å²) < 4.78 is 32.3. The highest BCUT2D eigenvalue weighted by atomic mass is 19.1. The molecule has 0 aliphatic carbocycles. The third-order valence-corrected chi connectivity index (χ3v) is 2.79. The van der Waals surface area contributed by atoms with Crippen molar-refractivity contribution in [2.75, 3.05) is 30.9 Å². The summed E-state index contributed by atoms with van der Waals surface area (Å²) in [6, 6.07) is 0.733. The first-order valence-corrected chi connectivity index (χ1v) is 6.37. The number of pyridine rings is 1. The van der Waals surface area contributed by atoms with Crippen LogP contribution in [0.3, 0.4) is 0 Å². The summed E-state index contributed by atoms with van der Waals surface area (Å²) in [5.41, 5.74) is 0. The van der Waals surface area contributed by atoms with Crippen LogP contribution in [0.2, 0.25) is 0 Å². The average Bonchev–Trinajstić information content (AvgIpc) is 2.36. The molecule has 0 amide bonds. The van der Waals surface area contributed by atoms with Crippen LogP contribution in [0.1, 0.15) is 20.8 Å². The number of rotatable bonds is 7. The van der Waals surface area contributed by atoms with Crippen LogP contribution in [0.4, 0.5) is 20.4 Å². The minimum absolute atomic E-state index is 0.0165. The van der Waals surface area contributed by atoms with Gasteiger partial charge in [-0.25, -0.2) is 13.8 Å². The minimum Gasteiger partial charge on any atom is -0.380 e. The van der Waals surface area contributed by atoms with Crippen molar-refractivity contribution in [2.45, 2.75) is 26.8 Å². The van der Waals surface area contributed by atoms with Crippen molar-refractivity contribution in [1.82, 2.24) is 4.98 Å². The molecule has 1 heterocycles. The molecule has 108 valence electrons. The van der Waals surface area contributed by atoms with Crippen molar-refractivity contribution < 1.29 is 13.5 Å². The van der Waals surface area contributed by atoms with Crippen LogP contribution in [0.15, 0.2) is 6.07 Å². The predicted octanol–water partition coefficient (Wildman–Crippen LogP) is 2.87. The minimum atomic E-state index is -0.712. The van der Waals surface area contributed by atoms with E-state index in [1.165, 1.54) is 7.05 Å². The number of nitrogens with one attached hydrogen (secondary N) is 2. The summed E-state index contributed by atoms with van der Waals surface area (Å²) in [5, 5.41) is 5.55. The maximum Gasteiger partial charge on any atom is 0.168 e. The molecule has 1 aromatic rings. The number of halogens is 2. The lowest BCUT2D eigenvalue weighted by molar-refractivity contribution is 0.126. The van der Waals surface area contributed by atoms with Crippen LogP contribution in [0, 0.1) is 17.6 Å². The molecule has 0 spiro atoms. The Bertz CT molecular complexity index is 413. The van der Waals surface area contributed by atoms with E-state index in [2.05, 4.69) is 15.6 Å². The topological polar surface area (TPSA) is 46.2 Å². The Hall–Kier alpha value is -1.43. The highest BCUT2D eigenvalue weighted by Crippen LogP contribution is 2.20. The maximum absolute atomic E-state index is 13.7. The molecule has 0 aliphatic rings. The Labute approximate surface area is 112 Å². The van der Waals surface area contributed by atoms with Gasteiger partial charge in [0, 0.05) is 19.7 Å². The summed E-state index contributed by atoms with van der Waals surface area (Å²) >= 11 is 0. The van der Waals surface area contributed by atoms with E-state index in [4.69, 9.17) is 4.74 Å². The molecule has 0 fully saturated rings. The van der Waals surface area contributed by atoms with Crippen LogP contribution in [0.5, 0.6) is 0 Å². The van der Waals surface area contributed by atoms with Crippen molar-refractivity contribution in [3.63, 3.8) is 0 Å². The molecule has 1 unspecified atom stereocenters. The standard InChI is InChI=1S/C13H21F2N3O/c1-5-19-7-11(8(2)3)17-13-10(15)6-9(14)12(16-4)18-13/h6,8,11H,5,7H2,1-4H3,(H2,16,17,18). The fraction of sp³-hybridized carbons (Fsp3) is 0.615. The molecule has 19 heavy (non-hydrogen) atoms. The van der Waals surface area contributed by atoms with Gasteiger partial charge in [-0.05, 0) is 12.8 Å². The monoisotopic (exact) mass is 273 g/mol. The highest BCUT2D eigenvalue weighted by Gasteiger charge is 2.18. The second-order valence-corrected chi connectivity index (χ2v) is 4.55. The van der Waals surface area contributed by atoms with Crippen molar-refractivity contribution >= 4 is 11.6 Å². The van der Waals surface area contributed by atoms with Crippen LogP contribution in [0.25, 0.3) is 0 Å². The van der Waals surface area contributed by atoms with Crippen LogP contribution < -0.4 is 10.6 Å². The summed E-state index contributed by atoms with van der Waals surface area (Å²) in [4.78, 5) is 3.89. The Morgan fingerprint density at radius 3 is 2.42 bits per heavy atom. The number of hydrogen-bond acceptors (Lipinski definition) is 4. The fourth-order valence-electron chi connectivity index (χ4n) is 1.56. The normalized spacial score (nSPS) is 12.6. The molecule has 0 radical (unpaired) electrons. The van der Waals surface area contributed by atoms with Crippen molar-refractivity contribution in [3.8, 4) is 0 Å². The molecule has 2 N–H and O–H groups in total. The number of nitrogens with zero attached hydrogens (tertiary/aromatic N) is 1. The van der Waals surface area contributed by atoms with Gasteiger partial charge in [0.25, 0.3) is 0 Å². The van der Waals surface area contributed by atoms with Crippen molar-refractivity contribution in [2.24, 2.45) is 5.92 Å². The van der Waals surface area contributed by atoms with E-state index in [9.17, 15) is 8.78 Å². The van der Waals surface area contributed by atoms with Crippen LogP contribution in [-0.4, -0.2) is 31.3 Å². The molecule has 0 aliphatic heterocycles. The average molecular weight is 273 g/mol. The van der Waals surface area contributed by atoms with E-state index in [1.807, 2.05) is 20.8 Å². The van der Waals surface area contributed by atoms with Gasteiger partial charge in [0.05, 0.1) is 12.6 Å². The van der Waals surface area contributed by atoms with Gasteiger partial charge in [-0.1, -0.05) is 13.8 Å². The van der Waals surface area contributed by atoms with E-state index in [1.54, 1.807) is 0 Å². The first kappa shape index (κ1) is 15.6. The van der Waals surface area contributed by atoms with Gasteiger partial charge in [0.15, 0.2) is 23.3 Å². The molecule has 0 bridgehead atoms. The quantitative estimate of drug-likeness (QED) is 0.802. The zero-order valence-corrected chi connectivity index (χ0v) is 11.8. The van der Waals surface area contributed by atoms with Gasteiger partial charge in [0.1, 0.15) is 0 Å². The molecule has 0 saturated carbocycles. The summed E-state index contributed by atoms with van der Waals surface area (Å²) in [5.74, 6) is -1.14. The lowest BCUT2D eigenvalue weighted by atomic mass is 10.1. The smallest absolute Gasteiger partial charge is 0.168 e. The largest absolute Gasteiger partial charge is 0.380 e. The SMILES string of the molecule is CCOCC(Nc1nc(NC)c(F)cc1F)C(C)C. The fourth-order valence-corrected chi connectivity index (χ4v) is 1.56. The number of aromatic nitrogens is 1. The zero-order chi connectivity index (χ0) is 14.4. The maximum atomic E-state index is 13.7. The number of ether oxygens (including phenoxy) is 1. The van der Waals surface area contributed by atoms with Crippen molar-refractivity contribution in [3.05, 3.63) is 17.7 Å².